The fourth-order valence-corrected chi connectivity index (χ4v) is 3.49. The summed E-state index contributed by atoms with van der Waals surface area (Å²) >= 11 is 0. The average Bonchev–Trinajstić information content (AvgIpc) is 3.51. The molecule has 0 heterocycles. The lowest BCUT2D eigenvalue weighted by Gasteiger charge is -2.08. The molecule has 3 nitrogen and oxygen atoms in total. The van der Waals surface area contributed by atoms with Crippen LogP contribution in [0.25, 0.3) is 11.1 Å². The van der Waals surface area contributed by atoms with E-state index in [-0.39, 0.29) is 11.8 Å². The smallest absolute Gasteiger partial charge is 0.228 e. The van der Waals surface area contributed by atoms with Crippen LogP contribution in [0.15, 0.2) is 78.9 Å². The van der Waals surface area contributed by atoms with E-state index in [1.54, 1.807) is 7.11 Å². The Bertz CT molecular complexity index is 901. The van der Waals surface area contributed by atoms with E-state index in [1.807, 2.05) is 42.5 Å². The van der Waals surface area contributed by atoms with Gasteiger partial charge in [0.05, 0.1) is 6.61 Å². The third-order valence-electron chi connectivity index (χ3n) is 5.11. The zero-order chi connectivity index (χ0) is 18.6. The Morgan fingerprint density at radius 3 is 2.19 bits per heavy atom. The quantitative estimate of drug-likeness (QED) is 0.655. The number of carbonyl (C=O) groups is 1. The van der Waals surface area contributed by atoms with Crippen molar-refractivity contribution in [2.75, 3.05) is 12.4 Å². The zero-order valence-electron chi connectivity index (χ0n) is 15.4. The summed E-state index contributed by atoms with van der Waals surface area (Å²) in [5, 5.41) is 3.05. The molecule has 0 saturated heterocycles. The molecule has 27 heavy (non-hydrogen) atoms. The zero-order valence-corrected chi connectivity index (χ0v) is 15.4. The lowest BCUT2D eigenvalue weighted by Crippen LogP contribution is -2.14. The van der Waals surface area contributed by atoms with Crippen molar-refractivity contribution < 1.29 is 9.53 Å². The number of benzene rings is 3. The molecule has 1 N–H and O–H groups in total. The molecule has 2 atom stereocenters. The highest BCUT2D eigenvalue weighted by Crippen LogP contribution is 2.47. The molecule has 1 fully saturated rings. The van der Waals surface area contributed by atoms with Crippen LogP contribution in [-0.2, 0) is 16.1 Å². The second-order valence-electron chi connectivity index (χ2n) is 7.06. The van der Waals surface area contributed by atoms with Crippen LogP contribution in [-0.4, -0.2) is 13.0 Å². The van der Waals surface area contributed by atoms with E-state index in [0.29, 0.717) is 12.5 Å². The molecular weight excluding hydrogens is 334 g/mol. The van der Waals surface area contributed by atoms with Gasteiger partial charge < -0.3 is 10.1 Å². The van der Waals surface area contributed by atoms with Crippen molar-refractivity contribution in [3.05, 3.63) is 90.0 Å². The molecule has 1 amide bonds. The normalized spacial score (nSPS) is 18.1. The van der Waals surface area contributed by atoms with E-state index in [1.165, 1.54) is 5.56 Å². The first-order valence-corrected chi connectivity index (χ1v) is 9.29. The Morgan fingerprint density at radius 1 is 0.926 bits per heavy atom. The number of methoxy groups -OCH3 is 1. The molecule has 3 heteroatoms. The topological polar surface area (TPSA) is 38.3 Å². The lowest BCUT2D eigenvalue weighted by molar-refractivity contribution is -0.117. The van der Waals surface area contributed by atoms with Gasteiger partial charge in [-0.2, -0.15) is 0 Å². The van der Waals surface area contributed by atoms with Gasteiger partial charge in [0.1, 0.15) is 0 Å². The summed E-state index contributed by atoms with van der Waals surface area (Å²) in [7, 11) is 1.70. The van der Waals surface area contributed by atoms with Gasteiger partial charge in [-0.3, -0.25) is 4.79 Å². The first-order chi connectivity index (χ1) is 13.2. The molecule has 136 valence electrons. The maximum absolute atomic E-state index is 12.5. The lowest BCUT2D eigenvalue weighted by atomic mass is 10.0. The van der Waals surface area contributed by atoms with Gasteiger partial charge >= 0.3 is 0 Å². The predicted octanol–water partition coefficient (Wildman–Crippen LogP) is 5.24. The standard InChI is InChI=1S/C24H23NO2/c1-27-16-17-7-9-18(10-8-17)19-11-13-21(14-12-19)25-24(26)23-15-22(23)20-5-3-2-4-6-20/h2-14,22-23H,15-16H2,1H3,(H,25,26). The van der Waals surface area contributed by atoms with Crippen molar-refractivity contribution in [2.24, 2.45) is 5.92 Å². The Balaban J connectivity index is 1.37. The van der Waals surface area contributed by atoms with Gasteiger partial charge in [0.15, 0.2) is 0 Å². The molecule has 4 rings (SSSR count). The minimum absolute atomic E-state index is 0.0837. The van der Waals surface area contributed by atoms with Crippen LogP contribution in [0.5, 0.6) is 0 Å². The monoisotopic (exact) mass is 357 g/mol. The van der Waals surface area contributed by atoms with Gasteiger partial charge in [-0.1, -0.05) is 66.7 Å². The van der Waals surface area contributed by atoms with Gasteiger partial charge in [0.2, 0.25) is 5.91 Å². The molecule has 0 radical (unpaired) electrons. The molecule has 0 aliphatic heterocycles. The van der Waals surface area contributed by atoms with Gasteiger partial charge in [-0.25, -0.2) is 0 Å². The second-order valence-corrected chi connectivity index (χ2v) is 7.06. The first kappa shape index (κ1) is 17.5. The van der Waals surface area contributed by atoms with Crippen LogP contribution < -0.4 is 5.32 Å². The van der Waals surface area contributed by atoms with Crippen LogP contribution in [0, 0.1) is 5.92 Å². The van der Waals surface area contributed by atoms with E-state index >= 15 is 0 Å². The maximum Gasteiger partial charge on any atom is 0.228 e. The van der Waals surface area contributed by atoms with Gasteiger partial charge in [-0.05, 0) is 46.7 Å². The molecule has 0 spiro atoms. The minimum atomic E-state index is 0.0837. The molecule has 1 saturated carbocycles. The molecule has 1 aliphatic rings. The van der Waals surface area contributed by atoms with Crippen molar-refractivity contribution in [1.82, 2.24) is 0 Å². The Morgan fingerprint density at radius 2 is 1.56 bits per heavy atom. The number of nitrogens with one attached hydrogen (secondary N) is 1. The van der Waals surface area contributed by atoms with Crippen molar-refractivity contribution in [1.29, 1.82) is 0 Å². The fourth-order valence-electron chi connectivity index (χ4n) is 3.49. The fraction of sp³-hybridized carbons (Fsp3) is 0.208. The summed E-state index contributed by atoms with van der Waals surface area (Å²) in [5.41, 5.74) is 5.54. The van der Waals surface area contributed by atoms with E-state index < -0.39 is 0 Å². The molecule has 3 aromatic rings. The van der Waals surface area contributed by atoms with Crippen LogP contribution in [0.3, 0.4) is 0 Å². The highest BCUT2D eigenvalue weighted by Gasteiger charge is 2.43. The van der Waals surface area contributed by atoms with Crippen LogP contribution in [0.1, 0.15) is 23.5 Å². The summed E-state index contributed by atoms with van der Waals surface area (Å²) in [4.78, 5) is 12.5. The summed E-state index contributed by atoms with van der Waals surface area (Å²) in [6.45, 7) is 0.621. The second kappa shape index (κ2) is 7.77. The number of anilines is 1. The van der Waals surface area contributed by atoms with Crippen molar-refractivity contribution in [2.45, 2.75) is 18.9 Å². The number of hydrogen-bond donors (Lipinski definition) is 1. The van der Waals surface area contributed by atoms with Crippen molar-refractivity contribution in [3.63, 3.8) is 0 Å². The number of hydrogen-bond acceptors (Lipinski definition) is 2. The maximum atomic E-state index is 12.5. The average molecular weight is 357 g/mol. The molecule has 2 unspecified atom stereocenters. The first-order valence-electron chi connectivity index (χ1n) is 9.29. The van der Waals surface area contributed by atoms with Crippen LogP contribution >= 0.6 is 0 Å². The minimum Gasteiger partial charge on any atom is -0.380 e. The highest BCUT2D eigenvalue weighted by atomic mass is 16.5. The summed E-state index contributed by atoms with van der Waals surface area (Å²) in [5.74, 6) is 0.553. The summed E-state index contributed by atoms with van der Waals surface area (Å²) < 4.78 is 5.15. The van der Waals surface area contributed by atoms with E-state index in [0.717, 1.165) is 28.8 Å². The van der Waals surface area contributed by atoms with Gasteiger partial charge in [0, 0.05) is 18.7 Å². The third kappa shape index (κ3) is 4.09. The van der Waals surface area contributed by atoms with Crippen LogP contribution in [0.2, 0.25) is 0 Å². The number of amides is 1. The predicted molar refractivity (Wildman–Crippen MR) is 109 cm³/mol. The number of rotatable bonds is 6. The Kier molecular flexibility index (Phi) is 5.03. The number of carbonyl (C=O) groups excluding carboxylic acids is 1. The van der Waals surface area contributed by atoms with Gasteiger partial charge in [-0.15, -0.1) is 0 Å². The molecule has 1 aliphatic carbocycles. The van der Waals surface area contributed by atoms with Gasteiger partial charge in [0.25, 0.3) is 0 Å². The summed E-state index contributed by atoms with van der Waals surface area (Å²) in [6, 6.07) is 26.6. The van der Waals surface area contributed by atoms with E-state index in [4.69, 9.17) is 4.74 Å². The molecular formula is C24H23NO2. The van der Waals surface area contributed by atoms with Crippen molar-refractivity contribution in [3.8, 4) is 11.1 Å². The van der Waals surface area contributed by atoms with Crippen molar-refractivity contribution >= 4 is 11.6 Å². The molecule has 0 aromatic heterocycles. The number of ether oxygens (including phenoxy) is 1. The van der Waals surface area contributed by atoms with E-state index in [9.17, 15) is 4.79 Å². The molecule has 3 aromatic carbocycles. The SMILES string of the molecule is COCc1ccc(-c2ccc(NC(=O)C3CC3c3ccccc3)cc2)cc1. The Labute approximate surface area is 160 Å². The van der Waals surface area contributed by atoms with Crippen LogP contribution in [0.4, 0.5) is 5.69 Å². The highest BCUT2D eigenvalue weighted by molar-refractivity contribution is 5.95. The van der Waals surface area contributed by atoms with E-state index in [2.05, 4.69) is 41.7 Å². The third-order valence-corrected chi connectivity index (χ3v) is 5.11. The Hall–Kier alpha value is -2.91. The largest absolute Gasteiger partial charge is 0.380 e. The molecule has 0 bridgehead atoms. The summed E-state index contributed by atoms with van der Waals surface area (Å²) in [6.07, 6.45) is 0.932.